The molecule has 5 N–H and O–H groups in total. The Bertz CT molecular complexity index is 2100. The quantitative estimate of drug-likeness (QED) is 0.0653. The second-order valence-corrected chi connectivity index (χ2v) is 17.7. The zero-order valence-electron chi connectivity index (χ0n) is 37.6. The molecular formula is C47H62ClN5O12. The number of nitrogens with zero attached hydrogens (tertiary/aromatic N) is 3. The van der Waals surface area contributed by atoms with Gasteiger partial charge in [-0.15, -0.1) is 4.73 Å². The van der Waals surface area contributed by atoms with Gasteiger partial charge in [0.15, 0.2) is 6.10 Å². The van der Waals surface area contributed by atoms with E-state index in [9.17, 15) is 39.3 Å². The first kappa shape index (κ1) is 50.4. The number of carboxylic acid groups (broad SMARTS) is 1. The molecule has 2 saturated heterocycles. The van der Waals surface area contributed by atoms with Gasteiger partial charge in [-0.3, -0.25) is 24.2 Å². The minimum absolute atomic E-state index is 0.0111. The Morgan fingerprint density at radius 3 is 2.18 bits per heavy atom. The monoisotopic (exact) mass is 923 g/mol. The van der Waals surface area contributed by atoms with Crippen LogP contribution in [-0.2, 0) is 46.4 Å². The van der Waals surface area contributed by atoms with Gasteiger partial charge in [0.2, 0.25) is 23.6 Å². The van der Waals surface area contributed by atoms with E-state index in [4.69, 9.17) is 30.6 Å². The molecule has 0 bridgehead atoms. The molecule has 2 aliphatic rings. The fraction of sp³-hybridized carbons (Fsp3) is 0.511. The number of allylic oxidation sites excluding steroid dienone is 1. The summed E-state index contributed by atoms with van der Waals surface area (Å²) >= 11 is 6.35. The van der Waals surface area contributed by atoms with Crippen LogP contribution in [0.1, 0.15) is 69.8 Å². The van der Waals surface area contributed by atoms with E-state index in [1.807, 2.05) is 18.7 Å². The zero-order valence-corrected chi connectivity index (χ0v) is 38.4. The fourth-order valence-corrected chi connectivity index (χ4v) is 7.98. The minimum atomic E-state index is -1.29. The smallest absolute Gasteiger partial charge is 0.347 e. The van der Waals surface area contributed by atoms with E-state index in [2.05, 4.69) is 46.7 Å². The molecule has 3 heterocycles. The summed E-state index contributed by atoms with van der Waals surface area (Å²) in [6.45, 7) is 11.5. The van der Waals surface area contributed by atoms with Gasteiger partial charge < -0.3 is 45.0 Å². The Morgan fingerprint density at radius 1 is 0.923 bits per heavy atom. The van der Waals surface area contributed by atoms with E-state index in [0.717, 1.165) is 31.6 Å². The predicted octanol–water partition coefficient (Wildman–Crippen LogP) is 4.52. The average Bonchev–Trinajstić information content (AvgIpc) is 3.56. The molecule has 6 unspecified atom stereocenters. The highest BCUT2D eigenvalue weighted by Gasteiger charge is 2.37. The van der Waals surface area contributed by atoms with Gasteiger partial charge in [-0.05, 0) is 66.0 Å². The van der Waals surface area contributed by atoms with Crippen molar-refractivity contribution in [2.75, 3.05) is 53.0 Å². The number of benzene rings is 2. The lowest BCUT2D eigenvalue weighted by molar-refractivity contribution is -0.167. The van der Waals surface area contributed by atoms with Crippen LogP contribution in [0, 0.1) is 23.7 Å². The molecule has 0 saturated carbocycles. The molecule has 3 aromatic rings. The lowest BCUT2D eigenvalue weighted by Crippen LogP contribution is -2.49. The molecule has 2 aliphatic heterocycles. The van der Waals surface area contributed by atoms with E-state index in [0.29, 0.717) is 59.0 Å². The van der Waals surface area contributed by atoms with Crippen molar-refractivity contribution in [1.29, 1.82) is 0 Å². The summed E-state index contributed by atoms with van der Waals surface area (Å²) in [4.78, 5) is 72.7. The maximum atomic E-state index is 13.5. The molecule has 17 nitrogen and oxygen atoms in total. The third-order valence-electron chi connectivity index (χ3n) is 11.7. The van der Waals surface area contributed by atoms with E-state index < -0.39 is 47.8 Å². The Labute approximate surface area is 384 Å². The third kappa shape index (κ3) is 15.0. The standard InChI is InChI=1S/C47H62ClN5O12/c1-29(2)22-39(46(59)60)64-47(61)31(4)25-49-45(58)37(24-33-12-15-38(62-5)36(48)23-33)50-40(54)9-7-6-8-30(3)35-28-63-44(35)34-13-10-32(11-14-34)26-51-18-20-52(21-19-51)27-43(57)65-53-41(55)16-17-42(53)56/h7,9-17,23,29-31,35,37,39,44,55-56H,6,8,18-22,24-28H2,1-5H3,(H,49,58)(H,50,54)(H,59,60). The van der Waals surface area contributed by atoms with Gasteiger partial charge >= 0.3 is 17.9 Å². The number of halogens is 1. The van der Waals surface area contributed by atoms with E-state index in [1.54, 1.807) is 24.3 Å². The van der Waals surface area contributed by atoms with Crippen molar-refractivity contribution < 1.29 is 58.3 Å². The zero-order chi connectivity index (χ0) is 47.2. The van der Waals surface area contributed by atoms with Crippen LogP contribution >= 0.6 is 11.6 Å². The number of esters is 1. The van der Waals surface area contributed by atoms with Crippen LogP contribution in [0.3, 0.4) is 0 Å². The summed E-state index contributed by atoms with van der Waals surface area (Å²) in [5.74, 6) is -4.08. The number of hydrogen-bond acceptors (Lipinski definition) is 13. The molecule has 0 spiro atoms. The maximum Gasteiger partial charge on any atom is 0.347 e. The lowest BCUT2D eigenvalue weighted by atomic mass is 9.80. The molecule has 2 amide bonds. The van der Waals surface area contributed by atoms with Crippen molar-refractivity contribution in [3.05, 3.63) is 88.5 Å². The topological polar surface area (TPSA) is 218 Å². The second-order valence-electron chi connectivity index (χ2n) is 17.2. The number of hydrogen-bond donors (Lipinski definition) is 5. The molecular weight excluding hydrogens is 862 g/mol. The molecule has 0 radical (unpaired) electrons. The van der Waals surface area contributed by atoms with Gasteiger partial charge in [-0.2, -0.15) is 0 Å². The largest absolute Gasteiger partial charge is 0.495 e. The van der Waals surface area contributed by atoms with Crippen molar-refractivity contribution in [2.24, 2.45) is 23.7 Å². The number of carbonyl (C=O) groups is 5. The SMILES string of the molecule is COc1ccc(CC(NC(=O)C=CCCC(C)C2COC2c2ccc(CN3CCN(CC(=O)On4c(O)ccc4O)CC3)cc2)C(=O)NCC(C)C(=O)OC(CC(C)C)C(=O)O)cc1Cl. The number of carboxylic acids is 1. The van der Waals surface area contributed by atoms with Gasteiger partial charge in [0.25, 0.3) is 0 Å². The van der Waals surface area contributed by atoms with Crippen LogP contribution in [0.2, 0.25) is 5.02 Å². The Hall–Kier alpha value is -5.62. The van der Waals surface area contributed by atoms with Crippen LogP contribution in [0.15, 0.2) is 66.7 Å². The number of piperazine rings is 1. The van der Waals surface area contributed by atoms with Gasteiger partial charge in [0.05, 0.1) is 37.3 Å². The fourth-order valence-electron chi connectivity index (χ4n) is 7.70. The molecule has 6 atom stereocenters. The van der Waals surface area contributed by atoms with Crippen molar-refractivity contribution in [3.63, 3.8) is 0 Å². The van der Waals surface area contributed by atoms with Crippen molar-refractivity contribution in [3.8, 4) is 17.5 Å². The molecule has 2 aromatic carbocycles. The van der Waals surface area contributed by atoms with E-state index in [1.165, 1.54) is 37.8 Å². The maximum absolute atomic E-state index is 13.5. The van der Waals surface area contributed by atoms with Gasteiger partial charge in [0.1, 0.15) is 11.8 Å². The number of aromatic hydroxyl groups is 2. The Kier molecular flexibility index (Phi) is 18.6. The number of amides is 2. The number of aromatic nitrogens is 1. The van der Waals surface area contributed by atoms with E-state index >= 15 is 0 Å². The molecule has 1 aromatic heterocycles. The summed E-state index contributed by atoms with van der Waals surface area (Å²) in [5.41, 5.74) is 2.95. The normalized spacial score (nSPS) is 18.6. The number of rotatable bonds is 23. The molecule has 5 rings (SSSR count). The Morgan fingerprint density at radius 2 is 1.58 bits per heavy atom. The number of aliphatic carboxylic acids is 1. The van der Waals surface area contributed by atoms with E-state index in [-0.39, 0.29) is 49.7 Å². The summed E-state index contributed by atoms with van der Waals surface area (Å²) in [7, 11) is 1.49. The first-order valence-electron chi connectivity index (χ1n) is 22.0. The highest BCUT2D eigenvalue weighted by molar-refractivity contribution is 6.32. The number of methoxy groups -OCH3 is 1. The van der Waals surface area contributed by atoms with Crippen LogP contribution < -0.4 is 20.2 Å². The first-order chi connectivity index (χ1) is 31.0. The molecule has 2 fully saturated rings. The first-order valence-corrected chi connectivity index (χ1v) is 22.3. The highest BCUT2D eigenvalue weighted by Crippen LogP contribution is 2.41. The molecule has 0 aliphatic carbocycles. The lowest BCUT2D eigenvalue weighted by Gasteiger charge is -2.41. The summed E-state index contributed by atoms with van der Waals surface area (Å²) in [6.07, 6.45) is 3.58. The van der Waals surface area contributed by atoms with Gasteiger partial charge in [0, 0.05) is 63.7 Å². The average molecular weight is 924 g/mol. The van der Waals surface area contributed by atoms with Gasteiger partial charge in [-0.1, -0.05) is 75.7 Å². The highest BCUT2D eigenvalue weighted by atomic mass is 35.5. The Balaban J connectivity index is 1.06. The molecule has 18 heteroatoms. The number of nitrogens with one attached hydrogen (secondary N) is 2. The van der Waals surface area contributed by atoms with Crippen molar-refractivity contribution in [2.45, 2.75) is 78.2 Å². The van der Waals surface area contributed by atoms with Crippen LogP contribution in [0.25, 0.3) is 0 Å². The van der Waals surface area contributed by atoms with Crippen LogP contribution in [0.4, 0.5) is 0 Å². The van der Waals surface area contributed by atoms with Gasteiger partial charge in [-0.25, -0.2) is 9.59 Å². The summed E-state index contributed by atoms with van der Waals surface area (Å²) in [5, 5.41) is 34.7. The predicted molar refractivity (Wildman–Crippen MR) is 240 cm³/mol. The van der Waals surface area contributed by atoms with Crippen molar-refractivity contribution in [1.82, 2.24) is 25.2 Å². The summed E-state index contributed by atoms with van der Waals surface area (Å²) in [6, 6.07) is 15.0. The minimum Gasteiger partial charge on any atom is -0.495 e. The third-order valence-corrected chi connectivity index (χ3v) is 12.0. The second kappa shape index (κ2) is 24.1. The van der Waals surface area contributed by atoms with Crippen LogP contribution in [-0.4, -0.2) is 125 Å². The molecule has 65 heavy (non-hydrogen) atoms. The van der Waals surface area contributed by atoms with Crippen LogP contribution in [0.5, 0.6) is 17.5 Å². The summed E-state index contributed by atoms with van der Waals surface area (Å²) < 4.78 is 17.2. The van der Waals surface area contributed by atoms with Crippen molar-refractivity contribution >= 4 is 41.3 Å². The number of ether oxygens (including phenoxy) is 3. The molecule has 354 valence electrons. The number of carbonyl (C=O) groups excluding carboxylic acids is 4.